The molecule has 4 heteroatoms. The van der Waals surface area contributed by atoms with E-state index in [9.17, 15) is 0 Å². The minimum absolute atomic E-state index is 0.187. The number of fused-ring (bicyclic) bond motifs is 1. The largest absolute Gasteiger partial charge is 0.448 e. The molecule has 1 aliphatic heterocycles. The molecule has 1 atom stereocenters. The third kappa shape index (κ3) is 1.99. The molecule has 4 nitrogen and oxygen atoms in total. The van der Waals surface area contributed by atoms with Crippen LogP contribution in [-0.2, 0) is 13.0 Å². The minimum Gasteiger partial charge on any atom is -0.448 e. The van der Waals surface area contributed by atoms with E-state index in [1.165, 1.54) is 17.6 Å². The highest BCUT2D eigenvalue weighted by atomic mass is 16.3. The molecule has 1 unspecified atom stereocenters. The molecule has 3 rings (SSSR count). The summed E-state index contributed by atoms with van der Waals surface area (Å²) in [7, 11) is 0. The van der Waals surface area contributed by atoms with E-state index in [2.05, 4.69) is 34.1 Å². The third-order valence-corrected chi connectivity index (χ3v) is 3.45. The Morgan fingerprint density at radius 1 is 1.44 bits per heavy atom. The van der Waals surface area contributed by atoms with Crippen molar-refractivity contribution in [2.75, 3.05) is 11.4 Å². The Balaban J connectivity index is 1.91. The fraction of sp³-hybridized carbons (Fsp3) is 0.357. The van der Waals surface area contributed by atoms with Gasteiger partial charge in [-0.2, -0.15) is 0 Å². The molecule has 0 amide bonds. The number of rotatable bonds is 2. The van der Waals surface area contributed by atoms with Crippen molar-refractivity contribution in [2.45, 2.75) is 25.9 Å². The van der Waals surface area contributed by atoms with Gasteiger partial charge >= 0.3 is 0 Å². The third-order valence-electron chi connectivity index (χ3n) is 3.45. The lowest BCUT2D eigenvalue weighted by Gasteiger charge is -2.34. The van der Waals surface area contributed by atoms with E-state index < -0.39 is 0 Å². The highest BCUT2D eigenvalue weighted by Gasteiger charge is 2.22. The van der Waals surface area contributed by atoms with Gasteiger partial charge in [-0.25, -0.2) is 4.98 Å². The molecule has 0 saturated heterocycles. The standard InChI is InChI=1S/C14H17N3O/c1-10-13(16-9-18-10)8-17-7-12(15)6-11-4-2-3-5-14(11)17/h2-5,9,12H,6-8,15H2,1H3. The summed E-state index contributed by atoms with van der Waals surface area (Å²) >= 11 is 0. The normalized spacial score (nSPS) is 18.8. The average molecular weight is 243 g/mol. The van der Waals surface area contributed by atoms with Crippen LogP contribution in [0.1, 0.15) is 17.0 Å². The van der Waals surface area contributed by atoms with Crippen molar-refractivity contribution in [1.29, 1.82) is 0 Å². The first-order valence-electron chi connectivity index (χ1n) is 6.21. The van der Waals surface area contributed by atoms with Gasteiger partial charge in [-0.15, -0.1) is 0 Å². The second-order valence-corrected chi connectivity index (χ2v) is 4.83. The van der Waals surface area contributed by atoms with Gasteiger partial charge < -0.3 is 15.1 Å². The molecule has 0 radical (unpaired) electrons. The smallest absolute Gasteiger partial charge is 0.181 e. The van der Waals surface area contributed by atoms with Crippen LogP contribution in [0.2, 0.25) is 0 Å². The molecule has 0 aliphatic carbocycles. The molecular formula is C14H17N3O. The van der Waals surface area contributed by atoms with Crippen LogP contribution in [0.25, 0.3) is 0 Å². The van der Waals surface area contributed by atoms with Crippen molar-refractivity contribution in [2.24, 2.45) is 5.73 Å². The molecule has 94 valence electrons. The molecular weight excluding hydrogens is 226 g/mol. The fourth-order valence-electron chi connectivity index (χ4n) is 2.53. The lowest BCUT2D eigenvalue weighted by atomic mass is 9.98. The number of aryl methyl sites for hydroxylation is 1. The number of hydrogen-bond donors (Lipinski definition) is 1. The van der Waals surface area contributed by atoms with E-state index in [1.807, 2.05) is 6.92 Å². The quantitative estimate of drug-likeness (QED) is 0.875. The molecule has 2 N–H and O–H groups in total. The molecule has 1 aromatic carbocycles. The fourth-order valence-corrected chi connectivity index (χ4v) is 2.53. The zero-order chi connectivity index (χ0) is 12.5. The zero-order valence-corrected chi connectivity index (χ0v) is 10.5. The maximum absolute atomic E-state index is 6.12. The predicted molar refractivity (Wildman–Crippen MR) is 70.4 cm³/mol. The molecule has 0 fully saturated rings. The average Bonchev–Trinajstić information content (AvgIpc) is 2.75. The number of para-hydroxylation sites is 1. The van der Waals surface area contributed by atoms with Crippen LogP contribution in [0, 0.1) is 6.92 Å². The van der Waals surface area contributed by atoms with Crippen LogP contribution in [-0.4, -0.2) is 17.6 Å². The molecule has 1 aliphatic rings. The van der Waals surface area contributed by atoms with Gasteiger partial charge in [-0.05, 0) is 25.0 Å². The summed E-state index contributed by atoms with van der Waals surface area (Å²) in [6.07, 6.45) is 2.45. The Kier molecular flexibility index (Phi) is 2.80. The van der Waals surface area contributed by atoms with Crippen LogP contribution in [0.5, 0.6) is 0 Å². The Hall–Kier alpha value is -1.81. The van der Waals surface area contributed by atoms with Crippen molar-refractivity contribution in [3.63, 3.8) is 0 Å². The second kappa shape index (κ2) is 4.46. The van der Waals surface area contributed by atoms with E-state index in [4.69, 9.17) is 10.2 Å². The first-order chi connectivity index (χ1) is 8.74. The van der Waals surface area contributed by atoms with Crippen molar-refractivity contribution >= 4 is 5.69 Å². The zero-order valence-electron chi connectivity index (χ0n) is 10.5. The molecule has 0 saturated carbocycles. The maximum Gasteiger partial charge on any atom is 0.181 e. The van der Waals surface area contributed by atoms with E-state index in [0.29, 0.717) is 0 Å². The maximum atomic E-state index is 6.12. The number of nitrogens with two attached hydrogens (primary N) is 1. The van der Waals surface area contributed by atoms with Gasteiger partial charge in [-0.1, -0.05) is 18.2 Å². The minimum atomic E-state index is 0.187. The summed E-state index contributed by atoms with van der Waals surface area (Å²) in [5, 5.41) is 0. The van der Waals surface area contributed by atoms with E-state index in [1.54, 1.807) is 0 Å². The van der Waals surface area contributed by atoms with Gasteiger partial charge in [-0.3, -0.25) is 0 Å². The first kappa shape index (κ1) is 11.3. The van der Waals surface area contributed by atoms with Gasteiger partial charge in [0.2, 0.25) is 0 Å². The molecule has 18 heavy (non-hydrogen) atoms. The number of hydrogen-bond acceptors (Lipinski definition) is 4. The molecule has 2 aromatic rings. The van der Waals surface area contributed by atoms with Gasteiger partial charge in [0, 0.05) is 18.3 Å². The van der Waals surface area contributed by atoms with Gasteiger partial charge in [0.25, 0.3) is 0 Å². The Morgan fingerprint density at radius 3 is 3.06 bits per heavy atom. The molecule has 1 aromatic heterocycles. The molecule has 0 bridgehead atoms. The number of anilines is 1. The van der Waals surface area contributed by atoms with Crippen LogP contribution in [0.3, 0.4) is 0 Å². The Bertz CT molecular complexity index is 549. The monoisotopic (exact) mass is 243 g/mol. The molecule has 0 spiro atoms. The number of aromatic nitrogens is 1. The predicted octanol–water partition coefficient (Wildman–Crippen LogP) is 1.87. The summed E-state index contributed by atoms with van der Waals surface area (Å²) < 4.78 is 5.25. The lowest BCUT2D eigenvalue weighted by molar-refractivity contribution is 0.522. The number of oxazole rings is 1. The van der Waals surface area contributed by atoms with Gasteiger partial charge in [0.05, 0.1) is 6.54 Å². The summed E-state index contributed by atoms with van der Waals surface area (Å²) in [6, 6.07) is 8.62. The van der Waals surface area contributed by atoms with Crippen LogP contribution in [0.4, 0.5) is 5.69 Å². The van der Waals surface area contributed by atoms with E-state index >= 15 is 0 Å². The number of benzene rings is 1. The van der Waals surface area contributed by atoms with Crippen molar-refractivity contribution < 1.29 is 4.42 Å². The summed E-state index contributed by atoms with van der Waals surface area (Å²) in [5.74, 6) is 0.881. The van der Waals surface area contributed by atoms with E-state index in [0.717, 1.165) is 31.0 Å². The topological polar surface area (TPSA) is 55.3 Å². The van der Waals surface area contributed by atoms with Gasteiger partial charge in [0.1, 0.15) is 11.5 Å². The Morgan fingerprint density at radius 2 is 2.28 bits per heavy atom. The highest BCUT2D eigenvalue weighted by Crippen LogP contribution is 2.27. The summed E-state index contributed by atoms with van der Waals surface area (Å²) in [4.78, 5) is 6.54. The SMILES string of the molecule is Cc1ocnc1CN1CC(N)Cc2ccccc21. The lowest BCUT2D eigenvalue weighted by Crippen LogP contribution is -2.43. The van der Waals surface area contributed by atoms with E-state index in [-0.39, 0.29) is 6.04 Å². The summed E-state index contributed by atoms with van der Waals surface area (Å²) in [5.41, 5.74) is 9.69. The Labute approximate surface area is 106 Å². The highest BCUT2D eigenvalue weighted by molar-refractivity contribution is 5.56. The summed E-state index contributed by atoms with van der Waals surface area (Å²) in [6.45, 7) is 3.56. The van der Waals surface area contributed by atoms with Crippen molar-refractivity contribution in [3.05, 3.63) is 47.7 Å². The van der Waals surface area contributed by atoms with Crippen LogP contribution < -0.4 is 10.6 Å². The number of nitrogens with zero attached hydrogens (tertiary/aromatic N) is 2. The first-order valence-corrected chi connectivity index (χ1v) is 6.21. The van der Waals surface area contributed by atoms with Crippen LogP contribution >= 0.6 is 0 Å². The van der Waals surface area contributed by atoms with Crippen molar-refractivity contribution in [3.8, 4) is 0 Å². The molecule has 2 heterocycles. The van der Waals surface area contributed by atoms with Crippen LogP contribution in [0.15, 0.2) is 35.1 Å². The second-order valence-electron chi connectivity index (χ2n) is 4.83. The van der Waals surface area contributed by atoms with Gasteiger partial charge in [0.15, 0.2) is 6.39 Å². The van der Waals surface area contributed by atoms with Crippen molar-refractivity contribution in [1.82, 2.24) is 4.98 Å².